The van der Waals surface area contributed by atoms with Crippen LogP contribution in [-0.4, -0.2) is 14.9 Å². The molecule has 0 amide bonds. The first kappa shape index (κ1) is 13.3. The van der Waals surface area contributed by atoms with E-state index in [4.69, 9.17) is 0 Å². The van der Waals surface area contributed by atoms with Gasteiger partial charge in [-0.25, -0.2) is 0 Å². The molecule has 0 aliphatic heterocycles. The molecule has 0 bridgehead atoms. The summed E-state index contributed by atoms with van der Waals surface area (Å²) in [7, 11) is 1.90. The number of hydrogen-bond donors (Lipinski definition) is 1. The summed E-state index contributed by atoms with van der Waals surface area (Å²) in [5, 5.41) is 19.0. The van der Waals surface area contributed by atoms with Gasteiger partial charge in [0.2, 0.25) is 0 Å². The minimum absolute atomic E-state index is 0.0494. The van der Waals surface area contributed by atoms with E-state index in [0.717, 1.165) is 11.3 Å². The number of aliphatic hydroxyl groups is 1. The van der Waals surface area contributed by atoms with Crippen molar-refractivity contribution in [3.8, 4) is 0 Å². The van der Waals surface area contributed by atoms with E-state index in [1.54, 1.807) is 16.0 Å². The fourth-order valence-electron chi connectivity index (χ4n) is 2.08. The van der Waals surface area contributed by atoms with Crippen LogP contribution in [-0.2, 0) is 18.9 Å². The molecule has 0 aliphatic rings. The maximum atomic E-state index is 10.4. The minimum atomic E-state index is -0.484. The summed E-state index contributed by atoms with van der Waals surface area (Å²) in [4.78, 5) is 0. The van der Waals surface area contributed by atoms with Gasteiger partial charge in [-0.1, -0.05) is 20.8 Å². The number of aromatic nitrogens is 2. The third kappa shape index (κ3) is 2.82. The van der Waals surface area contributed by atoms with Crippen LogP contribution in [0.4, 0.5) is 0 Å². The third-order valence-corrected chi connectivity index (χ3v) is 3.67. The van der Waals surface area contributed by atoms with Gasteiger partial charge in [-0.15, -0.1) is 0 Å². The largest absolute Gasteiger partial charge is 0.388 e. The lowest BCUT2D eigenvalue weighted by atomic mass is 9.87. The highest BCUT2D eigenvalue weighted by molar-refractivity contribution is 7.07. The molecule has 0 fully saturated rings. The molecule has 1 unspecified atom stereocenters. The molecule has 0 aromatic carbocycles. The zero-order valence-corrected chi connectivity index (χ0v) is 12.2. The van der Waals surface area contributed by atoms with Crippen LogP contribution in [0.2, 0.25) is 0 Å². The lowest BCUT2D eigenvalue weighted by Gasteiger charge is -2.19. The van der Waals surface area contributed by atoms with Gasteiger partial charge in [-0.3, -0.25) is 4.68 Å². The third-order valence-electron chi connectivity index (χ3n) is 2.94. The Hall–Kier alpha value is -1.13. The standard InChI is InChI=1S/C14H20N2OS/c1-14(2,3)13-11(8-16(4)15-13)12(17)7-10-5-6-18-9-10/h5-6,8-9,12,17H,7H2,1-4H3. The molecular weight excluding hydrogens is 244 g/mol. The number of rotatable bonds is 3. The molecule has 4 heteroatoms. The summed E-state index contributed by atoms with van der Waals surface area (Å²) in [5.74, 6) is 0. The molecule has 1 atom stereocenters. The summed E-state index contributed by atoms with van der Waals surface area (Å²) in [5.41, 5.74) is 3.05. The van der Waals surface area contributed by atoms with Crippen molar-refractivity contribution < 1.29 is 5.11 Å². The molecule has 2 heterocycles. The van der Waals surface area contributed by atoms with E-state index in [2.05, 4.69) is 37.3 Å². The summed E-state index contributed by atoms with van der Waals surface area (Å²) in [6.45, 7) is 6.36. The second-order valence-electron chi connectivity index (χ2n) is 5.71. The first-order valence-corrected chi connectivity index (χ1v) is 7.05. The topological polar surface area (TPSA) is 38.0 Å². The Morgan fingerprint density at radius 1 is 1.44 bits per heavy atom. The van der Waals surface area contributed by atoms with E-state index in [1.807, 2.05) is 18.6 Å². The van der Waals surface area contributed by atoms with Crippen molar-refractivity contribution in [2.45, 2.75) is 38.7 Å². The zero-order chi connectivity index (χ0) is 13.3. The Kier molecular flexibility index (Phi) is 3.59. The van der Waals surface area contributed by atoms with Gasteiger partial charge in [0.05, 0.1) is 11.8 Å². The van der Waals surface area contributed by atoms with Crippen molar-refractivity contribution >= 4 is 11.3 Å². The molecule has 1 N–H and O–H groups in total. The summed E-state index contributed by atoms with van der Waals surface area (Å²) in [6, 6.07) is 2.06. The van der Waals surface area contributed by atoms with Crippen molar-refractivity contribution in [3.63, 3.8) is 0 Å². The molecule has 18 heavy (non-hydrogen) atoms. The quantitative estimate of drug-likeness (QED) is 0.925. The van der Waals surface area contributed by atoms with E-state index in [-0.39, 0.29) is 5.41 Å². The highest BCUT2D eigenvalue weighted by Gasteiger charge is 2.25. The Bertz CT molecular complexity index is 508. The molecule has 2 rings (SSSR count). The molecule has 3 nitrogen and oxygen atoms in total. The predicted octanol–water partition coefficient (Wildman–Crippen LogP) is 3.06. The highest BCUT2D eigenvalue weighted by Crippen LogP contribution is 2.30. The van der Waals surface area contributed by atoms with Gasteiger partial charge >= 0.3 is 0 Å². The molecule has 2 aromatic rings. The summed E-state index contributed by atoms with van der Waals surface area (Å²) >= 11 is 1.66. The SMILES string of the molecule is Cn1cc(C(O)Cc2ccsc2)c(C(C)(C)C)n1. The fourth-order valence-corrected chi connectivity index (χ4v) is 2.76. The number of nitrogens with zero attached hydrogens (tertiary/aromatic N) is 2. The van der Waals surface area contributed by atoms with Crippen LogP contribution in [0.25, 0.3) is 0 Å². The van der Waals surface area contributed by atoms with Gasteiger partial charge in [0.25, 0.3) is 0 Å². The van der Waals surface area contributed by atoms with Crippen molar-refractivity contribution in [1.29, 1.82) is 0 Å². The first-order chi connectivity index (χ1) is 8.38. The second kappa shape index (κ2) is 4.86. The van der Waals surface area contributed by atoms with Crippen LogP contribution in [0.3, 0.4) is 0 Å². The van der Waals surface area contributed by atoms with Crippen molar-refractivity contribution in [1.82, 2.24) is 9.78 Å². The smallest absolute Gasteiger partial charge is 0.0864 e. The molecule has 0 saturated heterocycles. The van der Waals surface area contributed by atoms with Gasteiger partial charge in [0.15, 0.2) is 0 Å². The number of aryl methyl sites for hydroxylation is 1. The molecule has 98 valence electrons. The van der Waals surface area contributed by atoms with Gasteiger partial charge < -0.3 is 5.11 Å². The lowest BCUT2D eigenvalue weighted by Crippen LogP contribution is -2.16. The predicted molar refractivity (Wildman–Crippen MR) is 74.9 cm³/mol. The maximum Gasteiger partial charge on any atom is 0.0864 e. The van der Waals surface area contributed by atoms with E-state index in [1.165, 1.54) is 5.56 Å². The fraction of sp³-hybridized carbons (Fsp3) is 0.500. The first-order valence-electron chi connectivity index (χ1n) is 6.11. The minimum Gasteiger partial charge on any atom is -0.388 e. The highest BCUT2D eigenvalue weighted by atomic mass is 32.1. The monoisotopic (exact) mass is 264 g/mol. The number of aliphatic hydroxyl groups excluding tert-OH is 1. The zero-order valence-electron chi connectivity index (χ0n) is 11.3. The van der Waals surface area contributed by atoms with E-state index >= 15 is 0 Å². The molecule has 2 aromatic heterocycles. The van der Waals surface area contributed by atoms with E-state index in [9.17, 15) is 5.11 Å². The van der Waals surface area contributed by atoms with Crippen LogP contribution in [0.5, 0.6) is 0 Å². The van der Waals surface area contributed by atoms with E-state index in [0.29, 0.717) is 6.42 Å². The van der Waals surface area contributed by atoms with Crippen molar-refractivity contribution in [3.05, 3.63) is 39.8 Å². The van der Waals surface area contributed by atoms with Gasteiger partial charge in [-0.2, -0.15) is 16.4 Å². The average Bonchev–Trinajstić information content (AvgIpc) is 2.85. The lowest BCUT2D eigenvalue weighted by molar-refractivity contribution is 0.176. The Morgan fingerprint density at radius 2 is 2.17 bits per heavy atom. The Balaban J connectivity index is 2.27. The summed E-state index contributed by atoms with van der Waals surface area (Å²) in [6.07, 6.45) is 2.10. The molecule has 0 radical (unpaired) electrons. The molecule has 0 spiro atoms. The van der Waals surface area contributed by atoms with Gasteiger partial charge in [0, 0.05) is 30.6 Å². The van der Waals surface area contributed by atoms with Crippen LogP contribution in [0.15, 0.2) is 23.0 Å². The molecular formula is C14H20N2OS. The van der Waals surface area contributed by atoms with Gasteiger partial charge in [-0.05, 0) is 22.4 Å². The van der Waals surface area contributed by atoms with Crippen LogP contribution < -0.4 is 0 Å². The Morgan fingerprint density at radius 3 is 2.72 bits per heavy atom. The van der Waals surface area contributed by atoms with E-state index < -0.39 is 6.10 Å². The summed E-state index contributed by atoms with van der Waals surface area (Å²) < 4.78 is 1.78. The Labute approximate surface area is 112 Å². The van der Waals surface area contributed by atoms with Crippen molar-refractivity contribution in [2.75, 3.05) is 0 Å². The van der Waals surface area contributed by atoms with Crippen LogP contribution in [0.1, 0.15) is 43.7 Å². The average molecular weight is 264 g/mol. The van der Waals surface area contributed by atoms with Gasteiger partial charge in [0.1, 0.15) is 0 Å². The van der Waals surface area contributed by atoms with Crippen LogP contribution >= 0.6 is 11.3 Å². The normalized spacial score (nSPS) is 13.8. The number of hydrogen-bond acceptors (Lipinski definition) is 3. The maximum absolute atomic E-state index is 10.4. The van der Waals surface area contributed by atoms with Crippen molar-refractivity contribution in [2.24, 2.45) is 7.05 Å². The second-order valence-corrected chi connectivity index (χ2v) is 6.49. The number of thiophene rings is 1. The molecule has 0 aliphatic carbocycles. The van der Waals surface area contributed by atoms with Crippen LogP contribution in [0, 0.1) is 0 Å². The molecule has 0 saturated carbocycles.